The zero-order valence-electron chi connectivity index (χ0n) is 15.0. The number of nitrogens with one attached hydrogen (secondary N) is 1. The van der Waals surface area contributed by atoms with E-state index in [1.165, 1.54) is 12.3 Å². The van der Waals surface area contributed by atoms with Crippen LogP contribution in [0.4, 0.5) is 15.9 Å². The van der Waals surface area contributed by atoms with Crippen molar-refractivity contribution in [2.45, 2.75) is 19.8 Å². The van der Waals surface area contributed by atoms with Gasteiger partial charge in [-0.3, -0.25) is 4.79 Å². The number of hydrogen-bond donors (Lipinski definition) is 1. The number of piperazine rings is 1. The topological polar surface area (TPSA) is 61.4 Å². The summed E-state index contributed by atoms with van der Waals surface area (Å²) in [5, 5.41) is 3.18. The molecule has 1 aromatic carbocycles. The predicted molar refractivity (Wildman–Crippen MR) is 99.9 cm³/mol. The maximum Gasteiger partial charge on any atom is 0.274 e. The normalized spacial score (nSPS) is 14.4. The van der Waals surface area contributed by atoms with Gasteiger partial charge in [-0.2, -0.15) is 0 Å². The molecule has 2 heterocycles. The van der Waals surface area contributed by atoms with Gasteiger partial charge >= 0.3 is 0 Å². The molecular formula is C19H24FN5O. The van der Waals surface area contributed by atoms with Gasteiger partial charge in [-0.1, -0.05) is 25.5 Å². The number of anilines is 2. The summed E-state index contributed by atoms with van der Waals surface area (Å²) in [7, 11) is 0. The van der Waals surface area contributed by atoms with Crippen LogP contribution in [0.1, 0.15) is 30.3 Å². The fourth-order valence-corrected chi connectivity index (χ4v) is 2.94. The summed E-state index contributed by atoms with van der Waals surface area (Å²) >= 11 is 0. The van der Waals surface area contributed by atoms with Crippen LogP contribution in [0.2, 0.25) is 0 Å². The number of rotatable bonds is 6. The molecule has 7 heteroatoms. The lowest BCUT2D eigenvalue weighted by atomic mass is 10.2. The largest absolute Gasteiger partial charge is 0.369 e. The average Bonchev–Trinajstić information content (AvgIpc) is 2.69. The summed E-state index contributed by atoms with van der Waals surface area (Å²) in [5.41, 5.74) is 0.923. The van der Waals surface area contributed by atoms with E-state index in [-0.39, 0.29) is 11.7 Å². The van der Waals surface area contributed by atoms with Crippen molar-refractivity contribution < 1.29 is 9.18 Å². The van der Waals surface area contributed by atoms with Crippen LogP contribution in [0.5, 0.6) is 0 Å². The summed E-state index contributed by atoms with van der Waals surface area (Å²) in [5.74, 6) is 0.314. The molecule has 0 atom stereocenters. The highest BCUT2D eigenvalue weighted by molar-refractivity contribution is 5.92. The van der Waals surface area contributed by atoms with Gasteiger partial charge in [0.05, 0.1) is 18.1 Å². The van der Waals surface area contributed by atoms with E-state index in [1.54, 1.807) is 23.2 Å². The number of carbonyl (C=O) groups is 1. The van der Waals surface area contributed by atoms with Gasteiger partial charge in [0, 0.05) is 32.7 Å². The summed E-state index contributed by atoms with van der Waals surface area (Å²) in [6.07, 6.45) is 5.28. The minimum Gasteiger partial charge on any atom is -0.369 e. The molecule has 138 valence electrons. The third-order valence-corrected chi connectivity index (χ3v) is 4.47. The molecule has 2 aromatic rings. The van der Waals surface area contributed by atoms with Gasteiger partial charge in [0.2, 0.25) is 0 Å². The molecule has 0 aliphatic carbocycles. The lowest BCUT2D eigenvalue weighted by Crippen LogP contribution is -2.49. The Bertz CT molecular complexity index is 729. The maximum absolute atomic E-state index is 13.9. The van der Waals surface area contributed by atoms with Crippen LogP contribution in [0, 0.1) is 5.82 Å². The van der Waals surface area contributed by atoms with E-state index in [1.807, 2.05) is 11.0 Å². The molecule has 3 rings (SSSR count). The van der Waals surface area contributed by atoms with Gasteiger partial charge in [0.1, 0.15) is 17.3 Å². The smallest absolute Gasteiger partial charge is 0.274 e. The Hall–Kier alpha value is -2.70. The molecule has 1 aromatic heterocycles. The average molecular weight is 357 g/mol. The highest BCUT2D eigenvalue weighted by Gasteiger charge is 2.24. The fraction of sp³-hybridized carbons (Fsp3) is 0.421. The molecule has 26 heavy (non-hydrogen) atoms. The van der Waals surface area contributed by atoms with Crippen molar-refractivity contribution in [2.75, 3.05) is 42.9 Å². The molecule has 0 saturated carbocycles. The molecule has 1 amide bonds. The number of unbranched alkanes of at least 4 members (excludes halogenated alkanes) is 1. The van der Waals surface area contributed by atoms with Crippen LogP contribution in [0.3, 0.4) is 0 Å². The van der Waals surface area contributed by atoms with Gasteiger partial charge in [-0.25, -0.2) is 14.4 Å². The first-order valence-corrected chi connectivity index (χ1v) is 9.03. The van der Waals surface area contributed by atoms with E-state index in [0.29, 0.717) is 43.4 Å². The summed E-state index contributed by atoms with van der Waals surface area (Å²) in [6, 6.07) is 6.72. The van der Waals surface area contributed by atoms with Gasteiger partial charge < -0.3 is 15.1 Å². The Morgan fingerprint density at radius 2 is 1.92 bits per heavy atom. The van der Waals surface area contributed by atoms with Crippen LogP contribution in [-0.4, -0.2) is 53.5 Å². The Kier molecular flexibility index (Phi) is 5.99. The molecule has 1 fully saturated rings. The number of carbonyl (C=O) groups excluding carboxylic acids is 1. The zero-order valence-corrected chi connectivity index (χ0v) is 15.0. The summed E-state index contributed by atoms with van der Waals surface area (Å²) < 4.78 is 13.9. The number of aromatic nitrogens is 2. The van der Waals surface area contributed by atoms with E-state index < -0.39 is 0 Å². The van der Waals surface area contributed by atoms with Crippen LogP contribution in [-0.2, 0) is 0 Å². The summed E-state index contributed by atoms with van der Waals surface area (Å²) in [4.78, 5) is 24.8. The van der Waals surface area contributed by atoms with E-state index in [0.717, 1.165) is 19.4 Å². The molecule has 0 spiro atoms. The Morgan fingerprint density at radius 1 is 1.15 bits per heavy atom. The van der Waals surface area contributed by atoms with Gasteiger partial charge in [0.25, 0.3) is 5.91 Å². The third-order valence-electron chi connectivity index (χ3n) is 4.47. The molecule has 1 N–H and O–H groups in total. The molecule has 1 saturated heterocycles. The third kappa shape index (κ3) is 4.28. The second kappa shape index (κ2) is 8.60. The molecule has 0 bridgehead atoms. The standard InChI is InChI=1S/C19H24FN5O/c1-2-3-8-21-18-14-22-16(13-23-18)19(26)25-11-9-24(10-12-25)17-7-5-4-6-15(17)20/h4-7,13-14H,2-3,8-12H2,1H3,(H,21,23). The lowest BCUT2D eigenvalue weighted by Gasteiger charge is -2.36. The second-order valence-corrected chi connectivity index (χ2v) is 6.30. The SMILES string of the molecule is CCCCNc1cnc(C(=O)N2CCN(c3ccccc3F)CC2)cn1. The van der Waals surface area contributed by atoms with Crippen molar-refractivity contribution in [3.05, 3.63) is 48.2 Å². The van der Waals surface area contributed by atoms with Crippen molar-refractivity contribution in [3.63, 3.8) is 0 Å². The number of hydrogen-bond acceptors (Lipinski definition) is 5. The highest BCUT2D eigenvalue weighted by atomic mass is 19.1. The highest BCUT2D eigenvalue weighted by Crippen LogP contribution is 2.20. The minimum atomic E-state index is -0.232. The van der Waals surface area contributed by atoms with E-state index in [2.05, 4.69) is 22.2 Å². The first kappa shape index (κ1) is 18.1. The molecule has 1 aliphatic heterocycles. The molecule has 0 radical (unpaired) electrons. The summed E-state index contributed by atoms with van der Waals surface area (Å²) in [6.45, 7) is 5.22. The lowest BCUT2D eigenvalue weighted by molar-refractivity contribution is 0.0740. The van der Waals surface area contributed by atoms with Crippen LogP contribution >= 0.6 is 0 Å². The van der Waals surface area contributed by atoms with Crippen LogP contribution in [0.15, 0.2) is 36.7 Å². The predicted octanol–water partition coefficient (Wildman–Crippen LogP) is 2.79. The van der Waals surface area contributed by atoms with Crippen molar-refractivity contribution >= 4 is 17.4 Å². The van der Waals surface area contributed by atoms with Crippen molar-refractivity contribution in [1.29, 1.82) is 0 Å². The number of amides is 1. The Labute approximate surface area is 153 Å². The first-order valence-electron chi connectivity index (χ1n) is 9.03. The molecule has 1 aliphatic rings. The quantitative estimate of drug-likeness (QED) is 0.806. The monoisotopic (exact) mass is 357 g/mol. The van der Waals surface area contributed by atoms with E-state index in [4.69, 9.17) is 0 Å². The van der Waals surface area contributed by atoms with Gasteiger partial charge in [-0.05, 0) is 18.6 Å². The van der Waals surface area contributed by atoms with Crippen LogP contribution < -0.4 is 10.2 Å². The minimum absolute atomic E-state index is 0.134. The van der Waals surface area contributed by atoms with Crippen molar-refractivity contribution in [1.82, 2.24) is 14.9 Å². The van der Waals surface area contributed by atoms with Crippen LogP contribution in [0.25, 0.3) is 0 Å². The maximum atomic E-state index is 13.9. The Morgan fingerprint density at radius 3 is 2.58 bits per heavy atom. The van der Waals surface area contributed by atoms with Crippen molar-refractivity contribution in [2.24, 2.45) is 0 Å². The van der Waals surface area contributed by atoms with Gasteiger partial charge in [-0.15, -0.1) is 0 Å². The molecular weight excluding hydrogens is 333 g/mol. The number of benzene rings is 1. The second-order valence-electron chi connectivity index (χ2n) is 6.30. The first-order chi connectivity index (χ1) is 12.7. The fourth-order valence-electron chi connectivity index (χ4n) is 2.94. The molecule has 0 unspecified atom stereocenters. The zero-order chi connectivity index (χ0) is 18.4. The van der Waals surface area contributed by atoms with E-state index in [9.17, 15) is 9.18 Å². The number of halogens is 1. The van der Waals surface area contributed by atoms with E-state index >= 15 is 0 Å². The molecule has 6 nitrogen and oxygen atoms in total. The van der Waals surface area contributed by atoms with Crippen molar-refractivity contribution in [3.8, 4) is 0 Å². The Balaban J connectivity index is 1.56. The number of nitrogens with zero attached hydrogens (tertiary/aromatic N) is 4. The number of para-hydroxylation sites is 1. The van der Waals surface area contributed by atoms with Gasteiger partial charge in [0.15, 0.2) is 0 Å².